The second-order valence-corrected chi connectivity index (χ2v) is 22.9. The van der Waals surface area contributed by atoms with Gasteiger partial charge in [0.1, 0.15) is 24.4 Å². The number of hydrogen-bond donors (Lipinski definition) is 6. The van der Waals surface area contributed by atoms with Gasteiger partial charge < -0.3 is 40.3 Å². The van der Waals surface area contributed by atoms with Crippen molar-refractivity contribution in [3.8, 4) is 0 Å². The lowest BCUT2D eigenvalue weighted by Crippen LogP contribution is -2.60. The van der Waals surface area contributed by atoms with Crippen molar-refractivity contribution in [1.29, 1.82) is 0 Å². The molecule has 6 N–H and O–H groups in total. The van der Waals surface area contributed by atoms with Crippen molar-refractivity contribution in [2.24, 2.45) is 0 Å². The predicted molar refractivity (Wildman–Crippen MR) is 332 cm³/mol. The van der Waals surface area contributed by atoms with Gasteiger partial charge in [0.2, 0.25) is 5.91 Å². The van der Waals surface area contributed by atoms with E-state index in [0.717, 1.165) is 89.9 Å². The first-order chi connectivity index (χ1) is 38.3. The minimum atomic E-state index is -1.56. The number of amides is 1. The summed E-state index contributed by atoms with van der Waals surface area (Å²) >= 11 is 0. The molecule has 78 heavy (non-hydrogen) atoms. The van der Waals surface area contributed by atoms with Gasteiger partial charge in [-0.05, 0) is 64.2 Å². The number of rotatable bonds is 57. The average Bonchev–Trinajstić information content (AvgIpc) is 3.45. The maximum Gasteiger partial charge on any atom is 0.220 e. The van der Waals surface area contributed by atoms with Crippen LogP contribution in [-0.4, -0.2) is 87.5 Å². The monoisotopic (exact) mass is 1100 g/mol. The Morgan fingerprint density at radius 1 is 0.449 bits per heavy atom. The average molecular weight is 1100 g/mol. The molecular weight excluding hydrogens is 971 g/mol. The summed E-state index contributed by atoms with van der Waals surface area (Å²) in [7, 11) is 0. The molecule has 0 aromatic carbocycles. The molecule has 0 aromatic rings. The Hall–Kier alpha value is -2.37. The van der Waals surface area contributed by atoms with E-state index < -0.39 is 49.5 Å². The summed E-state index contributed by atoms with van der Waals surface area (Å²) in [4.78, 5) is 13.1. The van der Waals surface area contributed by atoms with Gasteiger partial charge in [-0.15, -0.1) is 0 Å². The second-order valence-electron chi connectivity index (χ2n) is 22.9. The van der Waals surface area contributed by atoms with Crippen LogP contribution < -0.4 is 5.32 Å². The molecule has 0 bridgehead atoms. The number of carbonyl (C=O) groups excluding carboxylic acids is 1. The third-order valence-corrected chi connectivity index (χ3v) is 15.6. The molecule has 1 heterocycles. The number of ether oxygens (including phenoxy) is 2. The molecule has 1 aliphatic rings. The summed E-state index contributed by atoms with van der Waals surface area (Å²) < 4.78 is 11.3. The normalized spacial score (nSPS) is 19.1. The van der Waals surface area contributed by atoms with Gasteiger partial charge in [0.05, 0.1) is 25.4 Å². The standard InChI is InChI=1S/C69H125NO8/c1-3-5-7-9-11-13-15-17-19-21-23-25-27-28-29-30-31-32-33-34-35-37-38-40-42-44-46-48-50-52-54-56-58-63(72)62(61-77-69-68(76)67(75)66(74)64(60-71)78-69)70-65(73)59-57-55-53-51-49-47-45-43-41-39-36-26-24-22-20-18-16-14-12-10-8-6-4-2/h6,8,12,14,18,20,24,26,39,41,45,47,62-64,66-69,71-72,74-76H,3-5,7,9-11,13,15-17,19,21-23,25,27-38,40,42-44,46,48-61H2,1-2H3,(H,70,73)/b8-6-,14-12-,20-18-,26-24-,41-39-,47-45-. The number of aliphatic hydroxyl groups excluding tert-OH is 5. The van der Waals surface area contributed by atoms with E-state index in [0.29, 0.717) is 12.8 Å². The number of carbonyl (C=O) groups is 1. The van der Waals surface area contributed by atoms with E-state index >= 15 is 0 Å². The van der Waals surface area contributed by atoms with Crippen LogP contribution in [0.15, 0.2) is 72.9 Å². The molecule has 0 aromatic heterocycles. The van der Waals surface area contributed by atoms with Crippen molar-refractivity contribution in [2.45, 2.75) is 346 Å². The molecule has 9 heteroatoms. The Labute approximate surface area is 480 Å². The van der Waals surface area contributed by atoms with Crippen LogP contribution in [0, 0.1) is 0 Å². The zero-order valence-electron chi connectivity index (χ0n) is 50.7. The van der Waals surface area contributed by atoms with Gasteiger partial charge in [-0.25, -0.2) is 0 Å². The highest BCUT2D eigenvalue weighted by molar-refractivity contribution is 5.76. The second kappa shape index (κ2) is 57.8. The summed E-state index contributed by atoms with van der Waals surface area (Å²) in [5.74, 6) is -0.167. The van der Waals surface area contributed by atoms with E-state index in [2.05, 4.69) is 92.1 Å². The molecule has 1 aliphatic heterocycles. The first kappa shape index (κ1) is 73.6. The Morgan fingerprint density at radius 3 is 1.18 bits per heavy atom. The number of hydrogen-bond acceptors (Lipinski definition) is 8. The Morgan fingerprint density at radius 2 is 0.795 bits per heavy atom. The third-order valence-electron chi connectivity index (χ3n) is 15.6. The van der Waals surface area contributed by atoms with Crippen LogP contribution in [0.4, 0.5) is 0 Å². The molecule has 9 nitrogen and oxygen atoms in total. The van der Waals surface area contributed by atoms with Gasteiger partial charge in [-0.2, -0.15) is 0 Å². The molecule has 1 amide bonds. The van der Waals surface area contributed by atoms with E-state index in [-0.39, 0.29) is 12.5 Å². The SMILES string of the molecule is CC/C=C\C/C=C\C/C=C\C/C=C\C/C=C\C/C=C\CCCCCCC(=O)NC(COC1OC(CO)C(O)C(O)C1O)C(O)CCCCCCCCCCCCCCCCCCCCCCCCCCCCCCCCCC. The number of aliphatic hydroxyl groups is 5. The largest absolute Gasteiger partial charge is 0.394 e. The lowest BCUT2D eigenvalue weighted by atomic mass is 9.99. The lowest BCUT2D eigenvalue weighted by molar-refractivity contribution is -0.302. The van der Waals surface area contributed by atoms with Crippen molar-refractivity contribution >= 4 is 5.91 Å². The summed E-state index contributed by atoms with van der Waals surface area (Å²) in [5, 5.41) is 54.8. The molecule has 0 radical (unpaired) electrons. The fourth-order valence-corrected chi connectivity index (χ4v) is 10.4. The van der Waals surface area contributed by atoms with Crippen molar-refractivity contribution < 1.29 is 39.8 Å². The zero-order valence-corrected chi connectivity index (χ0v) is 50.7. The van der Waals surface area contributed by atoms with Crippen LogP contribution in [0.5, 0.6) is 0 Å². The maximum absolute atomic E-state index is 13.1. The van der Waals surface area contributed by atoms with Gasteiger partial charge in [0.25, 0.3) is 0 Å². The molecule has 0 spiro atoms. The Kier molecular flexibility index (Phi) is 54.6. The van der Waals surface area contributed by atoms with E-state index in [1.807, 2.05) is 0 Å². The summed E-state index contributed by atoms with van der Waals surface area (Å²) in [6, 6.07) is -0.739. The summed E-state index contributed by atoms with van der Waals surface area (Å²) in [5.41, 5.74) is 0. The van der Waals surface area contributed by atoms with Gasteiger partial charge in [0, 0.05) is 6.42 Å². The van der Waals surface area contributed by atoms with Crippen molar-refractivity contribution in [1.82, 2.24) is 5.32 Å². The van der Waals surface area contributed by atoms with Crippen LogP contribution in [0.25, 0.3) is 0 Å². The lowest BCUT2D eigenvalue weighted by Gasteiger charge is -2.40. The van der Waals surface area contributed by atoms with Gasteiger partial charge in [-0.1, -0.05) is 305 Å². The first-order valence-electron chi connectivity index (χ1n) is 33.1. The van der Waals surface area contributed by atoms with Crippen LogP contribution in [0.3, 0.4) is 0 Å². The minimum Gasteiger partial charge on any atom is -0.394 e. The zero-order chi connectivity index (χ0) is 56.5. The Balaban J connectivity index is 2.15. The first-order valence-corrected chi connectivity index (χ1v) is 33.1. The molecular formula is C69H125NO8. The highest BCUT2D eigenvalue weighted by Crippen LogP contribution is 2.23. The number of allylic oxidation sites excluding steroid dienone is 12. The van der Waals surface area contributed by atoms with Crippen molar-refractivity contribution in [3.05, 3.63) is 72.9 Å². The van der Waals surface area contributed by atoms with Crippen LogP contribution in [-0.2, 0) is 14.3 Å². The molecule has 7 atom stereocenters. The molecule has 1 saturated heterocycles. The van der Waals surface area contributed by atoms with Crippen LogP contribution >= 0.6 is 0 Å². The number of nitrogens with one attached hydrogen (secondary N) is 1. The number of unbranched alkanes of at least 4 members (excludes halogenated alkanes) is 35. The predicted octanol–water partition coefficient (Wildman–Crippen LogP) is 17.6. The van der Waals surface area contributed by atoms with E-state index in [1.165, 1.54) is 186 Å². The van der Waals surface area contributed by atoms with Gasteiger partial charge >= 0.3 is 0 Å². The van der Waals surface area contributed by atoms with Crippen molar-refractivity contribution in [3.63, 3.8) is 0 Å². The minimum absolute atomic E-state index is 0.152. The smallest absolute Gasteiger partial charge is 0.220 e. The highest BCUT2D eigenvalue weighted by atomic mass is 16.7. The maximum atomic E-state index is 13.1. The fraction of sp³-hybridized carbons (Fsp3) is 0.812. The van der Waals surface area contributed by atoms with Crippen molar-refractivity contribution in [2.75, 3.05) is 13.2 Å². The Bertz CT molecular complexity index is 1460. The van der Waals surface area contributed by atoms with Crippen LogP contribution in [0.1, 0.15) is 303 Å². The molecule has 7 unspecified atom stereocenters. The summed E-state index contributed by atoms with van der Waals surface area (Å²) in [6.45, 7) is 3.74. The van der Waals surface area contributed by atoms with E-state index in [9.17, 15) is 30.3 Å². The third kappa shape index (κ3) is 46.3. The van der Waals surface area contributed by atoms with Gasteiger partial charge in [0.15, 0.2) is 6.29 Å². The summed E-state index contributed by atoms with van der Waals surface area (Å²) in [6.07, 6.45) is 73.9. The van der Waals surface area contributed by atoms with E-state index in [1.54, 1.807) is 0 Å². The molecule has 1 fully saturated rings. The van der Waals surface area contributed by atoms with Crippen LogP contribution in [0.2, 0.25) is 0 Å². The highest BCUT2D eigenvalue weighted by Gasteiger charge is 2.44. The molecule has 0 saturated carbocycles. The molecule has 0 aliphatic carbocycles. The quantitative estimate of drug-likeness (QED) is 0.0261. The van der Waals surface area contributed by atoms with Gasteiger partial charge in [-0.3, -0.25) is 4.79 Å². The molecule has 454 valence electrons. The fourth-order valence-electron chi connectivity index (χ4n) is 10.4. The van der Waals surface area contributed by atoms with E-state index in [4.69, 9.17) is 9.47 Å². The topological polar surface area (TPSA) is 149 Å². The molecule has 1 rings (SSSR count).